The molecule has 21 heavy (non-hydrogen) atoms. The van der Waals surface area contributed by atoms with Gasteiger partial charge in [0.1, 0.15) is 5.00 Å². The van der Waals surface area contributed by atoms with Crippen molar-refractivity contribution in [1.29, 1.82) is 0 Å². The van der Waals surface area contributed by atoms with Crippen LogP contribution in [0.2, 0.25) is 5.02 Å². The summed E-state index contributed by atoms with van der Waals surface area (Å²) >= 11 is 7.38. The van der Waals surface area contributed by atoms with Crippen LogP contribution in [0.1, 0.15) is 38.1 Å². The summed E-state index contributed by atoms with van der Waals surface area (Å²) in [6, 6.07) is 6.74. The maximum atomic E-state index is 12.3. The van der Waals surface area contributed by atoms with Crippen LogP contribution in [-0.2, 0) is 6.42 Å². The number of thiophene rings is 1. The van der Waals surface area contributed by atoms with Gasteiger partial charge in [-0.1, -0.05) is 30.7 Å². The van der Waals surface area contributed by atoms with Crippen molar-refractivity contribution in [3.8, 4) is 0 Å². The Bertz CT molecular complexity index is 709. The van der Waals surface area contributed by atoms with Gasteiger partial charge in [-0.15, -0.1) is 11.3 Å². The van der Waals surface area contributed by atoms with E-state index in [1.807, 2.05) is 19.9 Å². The zero-order chi connectivity index (χ0) is 15.6. The van der Waals surface area contributed by atoms with Crippen LogP contribution >= 0.6 is 22.9 Å². The Labute approximate surface area is 131 Å². The standard InChI is InChI=1S/C15H14ClNO3S/c1-3-9-7-11(15(19)20)14(21-9)17-13(18)10-6-4-5-8(2)12(10)16/h4-7H,3H2,1-2H3,(H,17,18)(H,19,20). The van der Waals surface area contributed by atoms with Crippen molar-refractivity contribution in [2.75, 3.05) is 5.32 Å². The molecule has 4 nitrogen and oxygen atoms in total. The largest absolute Gasteiger partial charge is 0.478 e. The number of carbonyl (C=O) groups excluding carboxylic acids is 1. The van der Waals surface area contributed by atoms with Crippen molar-refractivity contribution >= 4 is 39.8 Å². The summed E-state index contributed by atoms with van der Waals surface area (Å²) in [7, 11) is 0. The van der Waals surface area contributed by atoms with Crippen LogP contribution in [-0.4, -0.2) is 17.0 Å². The van der Waals surface area contributed by atoms with E-state index in [-0.39, 0.29) is 5.56 Å². The summed E-state index contributed by atoms with van der Waals surface area (Å²) in [6.07, 6.45) is 0.714. The Morgan fingerprint density at radius 2 is 2.05 bits per heavy atom. The Kier molecular flexibility index (Phi) is 4.65. The molecule has 0 atom stereocenters. The molecule has 0 radical (unpaired) electrons. The molecule has 1 aromatic carbocycles. The summed E-state index contributed by atoms with van der Waals surface area (Å²) in [4.78, 5) is 24.4. The molecule has 2 aromatic rings. The van der Waals surface area contributed by atoms with Crippen LogP contribution in [0.3, 0.4) is 0 Å². The van der Waals surface area contributed by atoms with E-state index in [0.717, 1.165) is 10.4 Å². The monoisotopic (exact) mass is 323 g/mol. The van der Waals surface area contributed by atoms with E-state index in [0.29, 0.717) is 22.0 Å². The number of hydrogen-bond acceptors (Lipinski definition) is 3. The molecule has 0 saturated carbocycles. The minimum atomic E-state index is -1.06. The lowest BCUT2D eigenvalue weighted by atomic mass is 10.1. The number of aryl methyl sites for hydroxylation is 2. The Balaban J connectivity index is 2.33. The minimum absolute atomic E-state index is 0.106. The van der Waals surface area contributed by atoms with Crippen LogP contribution in [0, 0.1) is 6.92 Å². The number of nitrogens with one attached hydrogen (secondary N) is 1. The van der Waals surface area contributed by atoms with Gasteiger partial charge in [-0.05, 0) is 31.0 Å². The number of halogens is 1. The van der Waals surface area contributed by atoms with Gasteiger partial charge in [0.25, 0.3) is 5.91 Å². The third-order valence-electron chi connectivity index (χ3n) is 3.03. The molecule has 1 heterocycles. The minimum Gasteiger partial charge on any atom is -0.478 e. The van der Waals surface area contributed by atoms with Crippen LogP contribution < -0.4 is 5.32 Å². The highest BCUT2D eigenvalue weighted by atomic mass is 35.5. The predicted molar refractivity (Wildman–Crippen MR) is 84.8 cm³/mol. The lowest BCUT2D eigenvalue weighted by molar-refractivity contribution is 0.0698. The molecule has 110 valence electrons. The number of carbonyl (C=O) groups is 2. The number of anilines is 1. The van der Waals surface area contributed by atoms with Gasteiger partial charge in [0.2, 0.25) is 0 Å². The first kappa shape index (κ1) is 15.5. The summed E-state index contributed by atoms with van der Waals surface area (Å²) in [6.45, 7) is 3.74. The molecule has 2 N–H and O–H groups in total. The molecule has 0 aliphatic heterocycles. The zero-order valence-electron chi connectivity index (χ0n) is 11.6. The second-order valence-electron chi connectivity index (χ2n) is 4.50. The molecule has 0 aliphatic rings. The number of amides is 1. The van der Waals surface area contributed by atoms with Gasteiger partial charge in [0.15, 0.2) is 0 Å². The molecule has 0 fully saturated rings. The normalized spacial score (nSPS) is 10.4. The second kappa shape index (κ2) is 6.28. The summed E-state index contributed by atoms with van der Waals surface area (Å²) < 4.78 is 0. The first-order valence-electron chi connectivity index (χ1n) is 6.36. The van der Waals surface area contributed by atoms with Crippen LogP contribution in [0.15, 0.2) is 24.3 Å². The van der Waals surface area contributed by atoms with Gasteiger partial charge in [-0.25, -0.2) is 4.79 Å². The zero-order valence-corrected chi connectivity index (χ0v) is 13.1. The molecule has 0 spiro atoms. The van der Waals surface area contributed by atoms with E-state index in [2.05, 4.69) is 5.32 Å². The molecule has 0 saturated heterocycles. The van der Waals surface area contributed by atoms with Crippen molar-refractivity contribution in [1.82, 2.24) is 0 Å². The number of rotatable bonds is 4. The van der Waals surface area contributed by atoms with Gasteiger partial charge in [-0.3, -0.25) is 4.79 Å². The van der Waals surface area contributed by atoms with Gasteiger partial charge >= 0.3 is 5.97 Å². The summed E-state index contributed by atoms with van der Waals surface area (Å²) in [5, 5.41) is 12.5. The Morgan fingerprint density at radius 3 is 2.67 bits per heavy atom. The van der Waals surface area contributed by atoms with Crippen LogP contribution in [0.4, 0.5) is 5.00 Å². The molecular formula is C15H14ClNO3S. The topological polar surface area (TPSA) is 66.4 Å². The number of hydrogen-bond donors (Lipinski definition) is 2. The van der Waals surface area contributed by atoms with Crippen molar-refractivity contribution in [3.63, 3.8) is 0 Å². The molecule has 0 bridgehead atoms. The Hall–Kier alpha value is -1.85. The van der Waals surface area contributed by atoms with E-state index in [4.69, 9.17) is 11.6 Å². The van der Waals surface area contributed by atoms with Crippen LogP contribution in [0.5, 0.6) is 0 Å². The van der Waals surface area contributed by atoms with Gasteiger partial charge < -0.3 is 10.4 Å². The molecule has 6 heteroatoms. The van der Waals surface area contributed by atoms with Crippen molar-refractivity contribution in [3.05, 3.63) is 50.9 Å². The summed E-state index contributed by atoms with van der Waals surface area (Å²) in [5.74, 6) is -1.47. The van der Waals surface area contributed by atoms with E-state index < -0.39 is 11.9 Å². The fourth-order valence-electron chi connectivity index (χ4n) is 1.86. The van der Waals surface area contributed by atoms with E-state index in [1.165, 1.54) is 11.3 Å². The third-order valence-corrected chi connectivity index (χ3v) is 4.72. The lowest BCUT2D eigenvalue weighted by Crippen LogP contribution is -2.14. The highest BCUT2D eigenvalue weighted by molar-refractivity contribution is 7.16. The van der Waals surface area contributed by atoms with E-state index >= 15 is 0 Å². The fourth-order valence-corrected chi connectivity index (χ4v) is 3.06. The maximum absolute atomic E-state index is 12.3. The fraction of sp³-hybridized carbons (Fsp3) is 0.200. The molecular weight excluding hydrogens is 310 g/mol. The maximum Gasteiger partial charge on any atom is 0.338 e. The first-order chi connectivity index (χ1) is 9.93. The van der Waals surface area contributed by atoms with Gasteiger partial charge in [0, 0.05) is 4.88 Å². The van der Waals surface area contributed by atoms with Crippen LogP contribution in [0.25, 0.3) is 0 Å². The number of carboxylic acids is 1. The molecule has 0 unspecified atom stereocenters. The average Bonchev–Trinajstić information content (AvgIpc) is 2.85. The molecule has 1 amide bonds. The summed E-state index contributed by atoms with van der Waals surface area (Å²) in [5.41, 5.74) is 1.23. The van der Waals surface area contributed by atoms with Crippen molar-refractivity contribution in [2.45, 2.75) is 20.3 Å². The van der Waals surface area contributed by atoms with E-state index in [1.54, 1.807) is 18.2 Å². The smallest absolute Gasteiger partial charge is 0.338 e. The first-order valence-corrected chi connectivity index (χ1v) is 7.56. The SMILES string of the molecule is CCc1cc(C(=O)O)c(NC(=O)c2cccc(C)c2Cl)s1. The van der Waals surface area contributed by atoms with Gasteiger partial charge in [-0.2, -0.15) is 0 Å². The average molecular weight is 324 g/mol. The lowest BCUT2D eigenvalue weighted by Gasteiger charge is -2.07. The third kappa shape index (κ3) is 3.25. The molecule has 1 aromatic heterocycles. The predicted octanol–water partition coefficient (Wildman–Crippen LogP) is 4.22. The molecule has 2 rings (SSSR count). The van der Waals surface area contributed by atoms with E-state index in [9.17, 15) is 14.7 Å². The highest BCUT2D eigenvalue weighted by Gasteiger charge is 2.19. The number of aromatic carboxylic acids is 1. The number of carboxylic acid groups (broad SMARTS) is 1. The second-order valence-corrected chi connectivity index (χ2v) is 6.02. The van der Waals surface area contributed by atoms with Crippen molar-refractivity contribution < 1.29 is 14.7 Å². The number of benzene rings is 1. The van der Waals surface area contributed by atoms with Crippen molar-refractivity contribution in [2.24, 2.45) is 0 Å². The molecule has 0 aliphatic carbocycles. The van der Waals surface area contributed by atoms with Gasteiger partial charge in [0.05, 0.1) is 16.1 Å². The quantitative estimate of drug-likeness (QED) is 0.885. The Morgan fingerprint density at radius 1 is 1.33 bits per heavy atom. The highest BCUT2D eigenvalue weighted by Crippen LogP contribution is 2.30.